The Kier molecular flexibility index (Phi) is 4.21. The Balaban J connectivity index is 1.43. The first-order valence-electron chi connectivity index (χ1n) is 8.64. The fourth-order valence-electron chi connectivity index (χ4n) is 3.38. The highest BCUT2D eigenvalue weighted by atomic mass is 16.5. The van der Waals surface area contributed by atoms with Crippen LogP contribution in [0.1, 0.15) is 16.9 Å². The van der Waals surface area contributed by atoms with E-state index < -0.39 is 0 Å². The zero-order valence-electron chi connectivity index (χ0n) is 14.4. The number of carbonyl (C=O) groups excluding carboxylic acids is 1. The van der Waals surface area contributed by atoms with Crippen molar-refractivity contribution in [3.63, 3.8) is 0 Å². The van der Waals surface area contributed by atoms with Crippen molar-refractivity contribution in [2.75, 3.05) is 44.8 Å². The number of para-hydroxylation sites is 2. The number of fused-ring (bicyclic) bond motifs is 1. The van der Waals surface area contributed by atoms with Crippen LogP contribution < -0.4 is 14.4 Å². The van der Waals surface area contributed by atoms with Crippen LogP contribution in [0.3, 0.4) is 0 Å². The summed E-state index contributed by atoms with van der Waals surface area (Å²) >= 11 is 0. The van der Waals surface area contributed by atoms with Crippen LogP contribution in [0.15, 0.2) is 30.3 Å². The molecule has 1 aromatic heterocycles. The highest BCUT2D eigenvalue weighted by molar-refractivity contribution is 5.92. The molecule has 7 nitrogen and oxygen atoms in total. The summed E-state index contributed by atoms with van der Waals surface area (Å²) in [4.78, 5) is 16.9. The van der Waals surface area contributed by atoms with Crippen LogP contribution in [0.25, 0.3) is 0 Å². The van der Waals surface area contributed by atoms with E-state index in [1.165, 1.54) is 0 Å². The second-order valence-electron chi connectivity index (χ2n) is 6.24. The number of amides is 1. The maximum atomic E-state index is 12.7. The fourth-order valence-corrected chi connectivity index (χ4v) is 3.38. The normalized spacial score (nSPS) is 17.0. The van der Waals surface area contributed by atoms with Crippen LogP contribution in [0.5, 0.6) is 11.6 Å². The lowest BCUT2D eigenvalue weighted by Gasteiger charge is -2.36. The van der Waals surface area contributed by atoms with Crippen LogP contribution in [-0.2, 0) is 6.54 Å². The van der Waals surface area contributed by atoms with E-state index in [1.807, 2.05) is 23.1 Å². The Labute approximate surface area is 146 Å². The number of ether oxygens (including phenoxy) is 2. The maximum Gasteiger partial charge on any atom is 0.274 e. The molecule has 2 aliphatic heterocycles. The van der Waals surface area contributed by atoms with Gasteiger partial charge in [-0.05, 0) is 12.1 Å². The third kappa shape index (κ3) is 3.01. The van der Waals surface area contributed by atoms with E-state index in [1.54, 1.807) is 17.9 Å². The van der Waals surface area contributed by atoms with Gasteiger partial charge in [0.05, 0.1) is 19.4 Å². The van der Waals surface area contributed by atoms with Crippen molar-refractivity contribution in [2.45, 2.75) is 13.0 Å². The van der Waals surface area contributed by atoms with Gasteiger partial charge < -0.3 is 19.3 Å². The molecule has 1 fully saturated rings. The molecule has 0 spiro atoms. The first-order chi connectivity index (χ1) is 12.3. The minimum Gasteiger partial charge on any atom is -0.495 e. The van der Waals surface area contributed by atoms with E-state index in [2.05, 4.69) is 16.1 Å². The number of hydrogen-bond donors (Lipinski definition) is 0. The van der Waals surface area contributed by atoms with E-state index in [4.69, 9.17) is 9.47 Å². The topological polar surface area (TPSA) is 59.8 Å². The van der Waals surface area contributed by atoms with Crippen molar-refractivity contribution < 1.29 is 14.3 Å². The summed E-state index contributed by atoms with van der Waals surface area (Å²) in [5.74, 6) is 1.54. The van der Waals surface area contributed by atoms with Gasteiger partial charge in [0.25, 0.3) is 5.91 Å². The Morgan fingerprint density at radius 1 is 1.16 bits per heavy atom. The number of nitrogens with zero attached hydrogens (tertiary/aromatic N) is 4. The van der Waals surface area contributed by atoms with Crippen LogP contribution in [0, 0.1) is 0 Å². The van der Waals surface area contributed by atoms with Gasteiger partial charge in [-0.3, -0.25) is 4.79 Å². The molecule has 132 valence electrons. The van der Waals surface area contributed by atoms with Crippen molar-refractivity contribution >= 4 is 11.6 Å². The van der Waals surface area contributed by atoms with E-state index in [9.17, 15) is 4.79 Å². The zero-order valence-corrected chi connectivity index (χ0v) is 14.4. The summed E-state index contributed by atoms with van der Waals surface area (Å²) < 4.78 is 12.8. The molecule has 0 atom stereocenters. The highest BCUT2D eigenvalue weighted by Crippen LogP contribution is 2.28. The third-order valence-electron chi connectivity index (χ3n) is 4.72. The van der Waals surface area contributed by atoms with Crippen LogP contribution in [0.4, 0.5) is 5.69 Å². The van der Waals surface area contributed by atoms with Gasteiger partial charge in [0.2, 0.25) is 5.88 Å². The predicted molar refractivity (Wildman–Crippen MR) is 93.4 cm³/mol. The van der Waals surface area contributed by atoms with E-state index in [0.717, 1.165) is 37.5 Å². The lowest BCUT2D eigenvalue weighted by Crippen LogP contribution is -2.49. The highest BCUT2D eigenvalue weighted by Gasteiger charge is 2.26. The number of hydrogen-bond acceptors (Lipinski definition) is 5. The van der Waals surface area contributed by atoms with Gasteiger partial charge in [-0.1, -0.05) is 12.1 Å². The van der Waals surface area contributed by atoms with Crippen LogP contribution in [0.2, 0.25) is 0 Å². The van der Waals surface area contributed by atoms with Gasteiger partial charge >= 0.3 is 0 Å². The molecule has 1 saturated heterocycles. The van der Waals surface area contributed by atoms with Crippen LogP contribution >= 0.6 is 0 Å². The summed E-state index contributed by atoms with van der Waals surface area (Å²) in [7, 11) is 1.68. The molecule has 1 amide bonds. The first kappa shape index (κ1) is 15.8. The van der Waals surface area contributed by atoms with Crippen molar-refractivity contribution in [3.05, 3.63) is 36.0 Å². The summed E-state index contributed by atoms with van der Waals surface area (Å²) in [5.41, 5.74) is 1.55. The number of carbonyl (C=O) groups is 1. The summed E-state index contributed by atoms with van der Waals surface area (Å²) in [6.07, 6.45) is 0.930. The predicted octanol–water partition coefficient (Wildman–Crippen LogP) is 1.64. The molecular formula is C18H22N4O3. The zero-order chi connectivity index (χ0) is 17.2. The van der Waals surface area contributed by atoms with E-state index in [-0.39, 0.29) is 5.91 Å². The van der Waals surface area contributed by atoms with Gasteiger partial charge in [0, 0.05) is 45.2 Å². The molecule has 0 radical (unpaired) electrons. The SMILES string of the molecule is COc1ccccc1N1CCN(C(=O)c2cc3n(n2)CCCO3)CC1. The first-order valence-corrected chi connectivity index (χ1v) is 8.64. The second-order valence-corrected chi connectivity index (χ2v) is 6.24. The molecule has 2 aliphatic rings. The van der Waals surface area contributed by atoms with Crippen LogP contribution in [-0.4, -0.2) is 60.5 Å². The molecule has 2 aromatic rings. The lowest BCUT2D eigenvalue weighted by molar-refractivity contribution is 0.0739. The minimum atomic E-state index is -0.0230. The van der Waals surface area contributed by atoms with Crippen molar-refractivity contribution in [1.82, 2.24) is 14.7 Å². The summed E-state index contributed by atoms with van der Waals surface area (Å²) in [6.45, 7) is 4.38. The summed E-state index contributed by atoms with van der Waals surface area (Å²) in [6, 6.07) is 9.74. The van der Waals surface area contributed by atoms with Gasteiger partial charge in [0.15, 0.2) is 5.69 Å². The summed E-state index contributed by atoms with van der Waals surface area (Å²) in [5, 5.41) is 4.40. The molecule has 1 aromatic carbocycles. The Morgan fingerprint density at radius 3 is 2.72 bits per heavy atom. The quantitative estimate of drug-likeness (QED) is 0.849. The molecule has 0 unspecified atom stereocenters. The number of anilines is 1. The third-order valence-corrected chi connectivity index (χ3v) is 4.72. The van der Waals surface area contributed by atoms with Gasteiger partial charge in [-0.15, -0.1) is 0 Å². The molecule has 0 N–H and O–H groups in total. The fraction of sp³-hybridized carbons (Fsp3) is 0.444. The lowest BCUT2D eigenvalue weighted by atomic mass is 10.2. The average molecular weight is 342 g/mol. The van der Waals surface area contributed by atoms with E-state index in [0.29, 0.717) is 31.3 Å². The molecule has 25 heavy (non-hydrogen) atoms. The number of aromatic nitrogens is 2. The molecule has 7 heteroatoms. The van der Waals surface area contributed by atoms with Crippen molar-refractivity contribution in [2.24, 2.45) is 0 Å². The molecule has 0 aliphatic carbocycles. The number of rotatable bonds is 3. The number of methoxy groups -OCH3 is 1. The van der Waals surface area contributed by atoms with Gasteiger partial charge in [-0.2, -0.15) is 5.10 Å². The monoisotopic (exact) mass is 342 g/mol. The molecule has 3 heterocycles. The largest absolute Gasteiger partial charge is 0.495 e. The average Bonchev–Trinajstić information content (AvgIpc) is 3.12. The molecular weight excluding hydrogens is 320 g/mol. The standard InChI is InChI=1S/C18H22N4O3/c1-24-16-6-3-2-5-15(16)20-8-10-21(11-9-20)18(23)14-13-17-22(19-14)7-4-12-25-17/h2-3,5-6,13H,4,7-12H2,1H3. The van der Waals surface area contributed by atoms with Crippen molar-refractivity contribution in [1.29, 1.82) is 0 Å². The Morgan fingerprint density at radius 2 is 1.96 bits per heavy atom. The maximum absolute atomic E-state index is 12.7. The smallest absolute Gasteiger partial charge is 0.274 e. The second kappa shape index (κ2) is 6.66. The van der Waals surface area contributed by atoms with Gasteiger partial charge in [0.1, 0.15) is 5.75 Å². The number of aryl methyl sites for hydroxylation is 1. The van der Waals surface area contributed by atoms with E-state index >= 15 is 0 Å². The molecule has 4 rings (SSSR count). The number of piperazine rings is 1. The number of benzene rings is 1. The Hall–Kier alpha value is -2.70. The van der Waals surface area contributed by atoms with Gasteiger partial charge in [-0.25, -0.2) is 4.68 Å². The van der Waals surface area contributed by atoms with Crippen molar-refractivity contribution in [3.8, 4) is 11.6 Å². The minimum absolute atomic E-state index is 0.0230. The Bertz CT molecular complexity index is 742. The molecule has 0 saturated carbocycles. The molecule has 0 bridgehead atoms.